The number of ether oxygens (including phenoxy) is 1. The van der Waals surface area contributed by atoms with E-state index in [1.807, 2.05) is 18.2 Å². The monoisotopic (exact) mass is 440 g/mol. The van der Waals surface area contributed by atoms with Crippen LogP contribution in [0.25, 0.3) is 0 Å². The summed E-state index contributed by atoms with van der Waals surface area (Å²) in [5.74, 6) is 0. The van der Waals surface area contributed by atoms with Crippen LogP contribution in [0.2, 0.25) is 0 Å². The third-order valence-electron chi connectivity index (χ3n) is 5.46. The van der Waals surface area contributed by atoms with E-state index in [1.54, 1.807) is 4.90 Å². The zero-order valence-corrected chi connectivity index (χ0v) is 18.5. The van der Waals surface area contributed by atoms with Crippen molar-refractivity contribution in [1.82, 2.24) is 0 Å². The maximum atomic E-state index is 10.2. The number of aliphatic hydroxyl groups is 1. The summed E-state index contributed by atoms with van der Waals surface area (Å²) in [4.78, 5) is 1.68. The Balaban J connectivity index is 0.00000210. The van der Waals surface area contributed by atoms with E-state index in [1.165, 1.54) is 37.1 Å². The van der Waals surface area contributed by atoms with Crippen LogP contribution in [-0.2, 0) is 17.7 Å². The maximum Gasteiger partial charge on any atom is 0.126 e. The number of halogens is 2. The number of piperidine rings is 1. The average molecular weight is 441 g/mol. The van der Waals surface area contributed by atoms with Gasteiger partial charge in [-0.1, -0.05) is 60.7 Å². The van der Waals surface area contributed by atoms with Crippen molar-refractivity contribution in [3.63, 3.8) is 0 Å². The molecule has 162 valence electrons. The Hall–Kier alpha value is -1.14. The highest BCUT2D eigenvalue weighted by Gasteiger charge is 2.25. The molecule has 0 bridgehead atoms. The van der Waals surface area contributed by atoms with Crippen LogP contribution in [0.3, 0.4) is 0 Å². The SMILES string of the molecule is OC(C[NH2+]C1CC[NH+](Cc2ccccc2)CC1)COCCc1ccccc1.[Cl-].[Cl-]. The van der Waals surface area contributed by atoms with E-state index in [-0.39, 0.29) is 30.9 Å². The van der Waals surface area contributed by atoms with Gasteiger partial charge in [0.15, 0.2) is 0 Å². The Kier molecular flexibility index (Phi) is 13.2. The number of rotatable bonds is 10. The highest BCUT2D eigenvalue weighted by molar-refractivity contribution is 5.14. The molecule has 1 atom stereocenters. The van der Waals surface area contributed by atoms with E-state index in [0.29, 0.717) is 19.3 Å². The number of hydrogen-bond donors (Lipinski definition) is 3. The average Bonchev–Trinajstić information content (AvgIpc) is 2.72. The molecule has 3 rings (SSSR count). The van der Waals surface area contributed by atoms with Crippen molar-refractivity contribution in [2.45, 2.75) is 38.0 Å². The summed E-state index contributed by atoms with van der Waals surface area (Å²) in [5, 5.41) is 12.5. The smallest absolute Gasteiger partial charge is 0.126 e. The van der Waals surface area contributed by atoms with Gasteiger partial charge in [-0.2, -0.15) is 0 Å². The van der Waals surface area contributed by atoms with Gasteiger partial charge in [-0.05, 0) is 12.0 Å². The molecule has 29 heavy (non-hydrogen) atoms. The second-order valence-corrected chi connectivity index (χ2v) is 7.69. The lowest BCUT2D eigenvalue weighted by atomic mass is 10.0. The molecule has 0 spiro atoms. The summed E-state index contributed by atoms with van der Waals surface area (Å²) in [6, 6.07) is 21.8. The predicted octanol–water partition coefficient (Wildman–Crippen LogP) is -5.57. The molecule has 4 N–H and O–H groups in total. The molecular formula is C23H34Cl2N2O2. The van der Waals surface area contributed by atoms with Gasteiger partial charge in [0.1, 0.15) is 19.2 Å². The van der Waals surface area contributed by atoms with Gasteiger partial charge in [0, 0.05) is 18.4 Å². The van der Waals surface area contributed by atoms with Gasteiger partial charge in [-0.3, -0.25) is 0 Å². The third kappa shape index (κ3) is 9.94. The van der Waals surface area contributed by atoms with E-state index < -0.39 is 0 Å². The number of quaternary nitrogens is 2. The molecule has 1 aliphatic rings. The Morgan fingerprint density at radius 3 is 2.14 bits per heavy atom. The highest BCUT2D eigenvalue weighted by atomic mass is 35.5. The minimum atomic E-state index is -0.379. The molecule has 0 amide bonds. The minimum absolute atomic E-state index is 0. The Morgan fingerprint density at radius 1 is 0.931 bits per heavy atom. The van der Waals surface area contributed by atoms with Crippen LogP contribution in [0.4, 0.5) is 0 Å². The summed E-state index contributed by atoms with van der Waals surface area (Å²) in [6.07, 6.45) is 2.98. The van der Waals surface area contributed by atoms with Crippen LogP contribution in [-0.4, -0.2) is 50.1 Å². The van der Waals surface area contributed by atoms with E-state index in [2.05, 4.69) is 47.8 Å². The lowest BCUT2D eigenvalue weighted by Gasteiger charge is -2.28. The summed E-state index contributed by atoms with van der Waals surface area (Å²) < 4.78 is 5.65. The van der Waals surface area contributed by atoms with Crippen molar-refractivity contribution in [1.29, 1.82) is 0 Å². The topological polar surface area (TPSA) is 50.5 Å². The molecule has 2 aromatic rings. The van der Waals surface area contributed by atoms with Crippen LogP contribution < -0.4 is 35.0 Å². The zero-order valence-electron chi connectivity index (χ0n) is 17.0. The van der Waals surface area contributed by atoms with Crippen molar-refractivity contribution in [2.75, 3.05) is 32.8 Å². The van der Waals surface area contributed by atoms with Crippen molar-refractivity contribution >= 4 is 0 Å². The van der Waals surface area contributed by atoms with E-state index in [9.17, 15) is 5.11 Å². The third-order valence-corrected chi connectivity index (χ3v) is 5.46. The van der Waals surface area contributed by atoms with Gasteiger partial charge in [-0.15, -0.1) is 0 Å². The first-order valence-electron chi connectivity index (χ1n) is 10.3. The molecule has 0 aliphatic carbocycles. The summed E-state index contributed by atoms with van der Waals surface area (Å²) in [5.41, 5.74) is 2.71. The Bertz CT molecular complexity index is 638. The maximum absolute atomic E-state index is 10.2. The number of benzene rings is 2. The van der Waals surface area contributed by atoms with Crippen molar-refractivity contribution in [3.8, 4) is 0 Å². The largest absolute Gasteiger partial charge is 1.00 e. The van der Waals surface area contributed by atoms with Crippen molar-refractivity contribution in [2.24, 2.45) is 0 Å². The Labute approximate surface area is 187 Å². The molecule has 0 aromatic heterocycles. The molecule has 0 radical (unpaired) electrons. The molecule has 1 unspecified atom stereocenters. The number of likely N-dealkylation sites (tertiary alicyclic amines) is 1. The fraction of sp³-hybridized carbons (Fsp3) is 0.478. The predicted molar refractivity (Wildman–Crippen MR) is 108 cm³/mol. The van der Waals surface area contributed by atoms with Crippen molar-refractivity contribution < 1.29 is 44.9 Å². The lowest BCUT2D eigenvalue weighted by Crippen LogP contribution is -3.13. The van der Waals surface area contributed by atoms with Crippen LogP contribution in [0.5, 0.6) is 0 Å². The molecule has 1 aliphatic heterocycles. The fourth-order valence-corrected chi connectivity index (χ4v) is 3.82. The normalized spacial score (nSPS) is 19.6. The van der Waals surface area contributed by atoms with E-state index in [4.69, 9.17) is 4.74 Å². The van der Waals surface area contributed by atoms with Gasteiger partial charge in [0.25, 0.3) is 0 Å². The zero-order chi connectivity index (χ0) is 18.7. The summed E-state index contributed by atoms with van der Waals surface area (Å²) in [7, 11) is 0. The second kappa shape index (κ2) is 14.8. The number of aliphatic hydroxyl groups excluding tert-OH is 1. The second-order valence-electron chi connectivity index (χ2n) is 7.69. The fourth-order valence-electron chi connectivity index (χ4n) is 3.82. The molecule has 1 fully saturated rings. The highest BCUT2D eigenvalue weighted by Crippen LogP contribution is 2.00. The minimum Gasteiger partial charge on any atom is -1.00 e. The van der Waals surface area contributed by atoms with Crippen LogP contribution in [0, 0.1) is 0 Å². The molecule has 1 saturated heterocycles. The lowest BCUT2D eigenvalue weighted by molar-refractivity contribution is -0.926. The summed E-state index contributed by atoms with van der Waals surface area (Å²) in [6.45, 7) is 5.42. The van der Waals surface area contributed by atoms with Gasteiger partial charge in [0.05, 0.1) is 32.3 Å². The van der Waals surface area contributed by atoms with Crippen LogP contribution >= 0.6 is 0 Å². The number of nitrogens with two attached hydrogens (primary N) is 1. The quantitative estimate of drug-likeness (QED) is 0.322. The van der Waals surface area contributed by atoms with Gasteiger partial charge >= 0.3 is 0 Å². The summed E-state index contributed by atoms with van der Waals surface area (Å²) >= 11 is 0. The van der Waals surface area contributed by atoms with Gasteiger partial charge in [0.2, 0.25) is 0 Å². The van der Waals surface area contributed by atoms with Crippen molar-refractivity contribution in [3.05, 3.63) is 71.8 Å². The molecule has 6 heteroatoms. The van der Waals surface area contributed by atoms with Crippen LogP contribution in [0.1, 0.15) is 24.0 Å². The Morgan fingerprint density at radius 2 is 1.52 bits per heavy atom. The van der Waals surface area contributed by atoms with Crippen LogP contribution in [0.15, 0.2) is 60.7 Å². The molecule has 4 nitrogen and oxygen atoms in total. The first-order valence-corrected chi connectivity index (χ1v) is 10.3. The first kappa shape index (κ1) is 25.9. The molecule has 0 saturated carbocycles. The van der Waals surface area contributed by atoms with Gasteiger partial charge in [-0.25, -0.2) is 0 Å². The molecular weight excluding hydrogens is 407 g/mol. The first-order chi connectivity index (χ1) is 13.3. The standard InChI is InChI=1S/C23H32N2O2.2ClH/c26-23(19-27-16-13-20-7-3-1-4-8-20)17-24-22-11-14-25(15-12-22)18-21-9-5-2-6-10-21;;/h1-10,22-24,26H,11-19H2;2*1H. The van der Waals surface area contributed by atoms with E-state index >= 15 is 0 Å². The molecule has 2 aromatic carbocycles. The number of hydrogen-bond acceptors (Lipinski definition) is 2. The molecule has 1 heterocycles. The number of nitrogens with one attached hydrogen (secondary N) is 1. The van der Waals surface area contributed by atoms with Gasteiger partial charge < -0.3 is 44.9 Å². The van der Waals surface area contributed by atoms with E-state index in [0.717, 1.165) is 19.5 Å².